The lowest BCUT2D eigenvalue weighted by atomic mass is 10.2. The maximum atomic E-state index is 11.7. The van der Waals surface area contributed by atoms with E-state index in [0.717, 1.165) is 4.90 Å². The van der Waals surface area contributed by atoms with Crippen molar-refractivity contribution in [2.75, 3.05) is 5.75 Å². The zero-order chi connectivity index (χ0) is 11.8. The molecular weight excluding hydrogens is 216 g/mol. The van der Waals surface area contributed by atoms with Gasteiger partial charge >= 0.3 is 0 Å². The molecule has 1 aromatic rings. The first kappa shape index (κ1) is 12.5. The molecule has 1 rings (SSSR count). The smallest absolute Gasteiger partial charge is 0.173 e. The number of carbonyl (C=O) groups excluding carboxylic acids is 1. The van der Waals surface area contributed by atoms with Gasteiger partial charge in [-0.3, -0.25) is 4.79 Å². The second-order valence-corrected chi connectivity index (χ2v) is 4.14. The summed E-state index contributed by atoms with van der Waals surface area (Å²) in [5.41, 5.74) is 0.610. The van der Waals surface area contributed by atoms with Gasteiger partial charge in [-0.25, -0.2) is 0 Å². The molecule has 16 heavy (non-hydrogen) atoms. The summed E-state index contributed by atoms with van der Waals surface area (Å²) < 4.78 is 0. The number of hydrogen-bond donors (Lipinski definition) is 0. The van der Waals surface area contributed by atoms with Crippen LogP contribution in [0.5, 0.6) is 0 Å². The van der Waals surface area contributed by atoms with E-state index >= 15 is 0 Å². The van der Waals surface area contributed by atoms with Crippen LogP contribution in [0.15, 0.2) is 72.2 Å². The third kappa shape index (κ3) is 3.91. The summed E-state index contributed by atoms with van der Waals surface area (Å²) in [4.78, 5) is 12.8. The van der Waals surface area contributed by atoms with Crippen molar-refractivity contribution in [3.63, 3.8) is 0 Å². The first-order valence-electron chi connectivity index (χ1n) is 4.94. The average molecular weight is 230 g/mol. The van der Waals surface area contributed by atoms with Gasteiger partial charge in [0.15, 0.2) is 5.78 Å². The molecule has 0 spiro atoms. The monoisotopic (exact) mass is 230 g/mol. The Bertz CT molecular complexity index is 404. The van der Waals surface area contributed by atoms with E-state index in [-0.39, 0.29) is 5.78 Å². The lowest BCUT2D eigenvalue weighted by molar-refractivity contribution is -0.112. The van der Waals surface area contributed by atoms with Crippen molar-refractivity contribution in [2.24, 2.45) is 0 Å². The van der Waals surface area contributed by atoms with Gasteiger partial charge in [-0.1, -0.05) is 49.6 Å². The molecule has 82 valence electrons. The van der Waals surface area contributed by atoms with E-state index in [1.807, 2.05) is 30.3 Å². The number of carbonyl (C=O) groups is 1. The van der Waals surface area contributed by atoms with E-state index in [1.165, 1.54) is 11.8 Å². The number of Topliss-reactive ketones (excluding diaryl/α,β-unsaturated/α-hetero) is 1. The van der Waals surface area contributed by atoms with Gasteiger partial charge < -0.3 is 0 Å². The first-order valence-corrected chi connectivity index (χ1v) is 5.92. The molecule has 0 aromatic heterocycles. The normalized spacial score (nSPS) is 10.9. The maximum Gasteiger partial charge on any atom is 0.173 e. The molecule has 0 saturated heterocycles. The van der Waals surface area contributed by atoms with E-state index in [1.54, 1.807) is 18.2 Å². The minimum atomic E-state index is 0.0729. The quantitative estimate of drug-likeness (QED) is 0.421. The molecule has 2 heteroatoms. The van der Waals surface area contributed by atoms with E-state index in [2.05, 4.69) is 13.2 Å². The summed E-state index contributed by atoms with van der Waals surface area (Å²) in [5.74, 6) is 0.499. The number of allylic oxidation sites excluding steroid dienone is 4. The standard InChI is InChI=1S/C14H14OS/c1-3-8-12(4-2)14(15)11-16-13-9-6-5-7-10-13/h3-10H,1-2,11H2/b12-8+. The Balaban J connectivity index is 2.56. The Morgan fingerprint density at radius 2 is 1.94 bits per heavy atom. The van der Waals surface area contributed by atoms with Crippen molar-refractivity contribution in [1.29, 1.82) is 0 Å². The molecule has 1 aromatic carbocycles. The fraction of sp³-hybridized carbons (Fsp3) is 0.0714. The van der Waals surface area contributed by atoms with Crippen LogP contribution in [0.1, 0.15) is 0 Å². The minimum Gasteiger partial charge on any atom is -0.293 e. The summed E-state index contributed by atoms with van der Waals surface area (Å²) in [5, 5.41) is 0. The molecule has 0 unspecified atom stereocenters. The fourth-order valence-corrected chi connectivity index (χ4v) is 1.96. The van der Waals surface area contributed by atoms with E-state index in [0.29, 0.717) is 11.3 Å². The van der Waals surface area contributed by atoms with Gasteiger partial charge in [0.25, 0.3) is 0 Å². The number of benzene rings is 1. The van der Waals surface area contributed by atoms with Crippen LogP contribution in [-0.2, 0) is 4.79 Å². The van der Waals surface area contributed by atoms with Crippen molar-refractivity contribution in [3.05, 3.63) is 67.3 Å². The van der Waals surface area contributed by atoms with Gasteiger partial charge in [0.2, 0.25) is 0 Å². The zero-order valence-corrected chi connectivity index (χ0v) is 9.87. The number of hydrogen-bond acceptors (Lipinski definition) is 2. The van der Waals surface area contributed by atoms with Crippen molar-refractivity contribution in [2.45, 2.75) is 4.90 Å². The van der Waals surface area contributed by atoms with Crippen molar-refractivity contribution in [3.8, 4) is 0 Å². The molecule has 0 bridgehead atoms. The molecule has 0 fully saturated rings. The molecule has 0 atom stereocenters. The summed E-state index contributed by atoms with van der Waals surface area (Å²) in [6.45, 7) is 7.18. The minimum absolute atomic E-state index is 0.0729. The van der Waals surface area contributed by atoms with Gasteiger partial charge in [0.1, 0.15) is 0 Å². The van der Waals surface area contributed by atoms with Gasteiger partial charge in [0.05, 0.1) is 5.75 Å². The highest BCUT2D eigenvalue weighted by molar-refractivity contribution is 8.00. The summed E-state index contributed by atoms with van der Waals surface area (Å²) >= 11 is 1.53. The Morgan fingerprint density at radius 3 is 2.50 bits per heavy atom. The molecular formula is C14H14OS. The highest BCUT2D eigenvalue weighted by Gasteiger charge is 2.05. The van der Waals surface area contributed by atoms with Crippen LogP contribution >= 0.6 is 11.8 Å². The molecule has 0 heterocycles. The van der Waals surface area contributed by atoms with Gasteiger partial charge in [-0.2, -0.15) is 0 Å². The lowest BCUT2D eigenvalue weighted by Crippen LogP contribution is -2.03. The molecule has 0 saturated carbocycles. The molecule has 0 amide bonds. The van der Waals surface area contributed by atoms with Crippen LogP contribution < -0.4 is 0 Å². The SMILES string of the molecule is C=C/C=C(\C=C)C(=O)CSc1ccccc1. The van der Waals surface area contributed by atoms with Crippen LogP contribution in [-0.4, -0.2) is 11.5 Å². The predicted molar refractivity (Wildman–Crippen MR) is 70.7 cm³/mol. The first-order chi connectivity index (χ1) is 7.77. The molecule has 0 radical (unpaired) electrons. The third-order valence-electron chi connectivity index (χ3n) is 1.95. The summed E-state index contributed by atoms with van der Waals surface area (Å²) in [6.07, 6.45) is 4.85. The Morgan fingerprint density at radius 1 is 1.25 bits per heavy atom. The molecule has 0 aliphatic carbocycles. The molecule has 0 aliphatic rings. The number of rotatable bonds is 6. The number of ketones is 1. The molecule has 0 aliphatic heterocycles. The Labute approximate surface area is 101 Å². The largest absolute Gasteiger partial charge is 0.293 e. The van der Waals surface area contributed by atoms with Gasteiger partial charge in [-0.15, -0.1) is 11.8 Å². The Hall–Kier alpha value is -1.54. The van der Waals surface area contributed by atoms with Crippen LogP contribution in [0.4, 0.5) is 0 Å². The van der Waals surface area contributed by atoms with Crippen LogP contribution in [0.2, 0.25) is 0 Å². The average Bonchev–Trinajstić information content (AvgIpc) is 2.34. The Kier molecular flexibility index (Phi) is 5.37. The highest BCUT2D eigenvalue weighted by Crippen LogP contribution is 2.18. The zero-order valence-electron chi connectivity index (χ0n) is 9.06. The second kappa shape index (κ2) is 6.85. The predicted octanol–water partition coefficient (Wildman–Crippen LogP) is 3.65. The van der Waals surface area contributed by atoms with Crippen molar-refractivity contribution >= 4 is 17.5 Å². The van der Waals surface area contributed by atoms with E-state index in [9.17, 15) is 4.79 Å². The third-order valence-corrected chi connectivity index (χ3v) is 2.96. The van der Waals surface area contributed by atoms with Crippen molar-refractivity contribution in [1.82, 2.24) is 0 Å². The topological polar surface area (TPSA) is 17.1 Å². The lowest BCUT2D eigenvalue weighted by Gasteiger charge is -2.01. The van der Waals surface area contributed by atoms with E-state index < -0.39 is 0 Å². The molecule has 1 nitrogen and oxygen atoms in total. The van der Waals surface area contributed by atoms with Crippen LogP contribution in [0.3, 0.4) is 0 Å². The van der Waals surface area contributed by atoms with Crippen LogP contribution in [0, 0.1) is 0 Å². The van der Waals surface area contributed by atoms with Crippen molar-refractivity contribution < 1.29 is 4.79 Å². The fourth-order valence-electron chi connectivity index (χ4n) is 1.15. The summed E-state index contributed by atoms with van der Waals surface area (Å²) in [7, 11) is 0. The second-order valence-electron chi connectivity index (χ2n) is 3.09. The van der Waals surface area contributed by atoms with Gasteiger partial charge in [0, 0.05) is 10.5 Å². The maximum absolute atomic E-state index is 11.7. The summed E-state index contributed by atoms with van der Waals surface area (Å²) in [6, 6.07) is 9.85. The van der Waals surface area contributed by atoms with E-state index in [4.69, 9.17) is 0 Å². The van der Waals surface area contributed by atoms with Gasteiger partial charge in [-0.05, 0) is 12.1 Å². The molecule has 0 N–H and O–H groups in total. The number of thioether (sulfide) groups is 1. The highest BCUT2D eigenvalue weighted by atomic mass is 32.2. The van der Waals surface area contributed by atoms with Crippen LogP contribution in [0.25, 0.3) is 0 Å².